The molecule has 0 radical (unpaired) electrons. The van der Waals surface area contributed by atoms with Gasteiger partial charge in [-0.2, -0.15) is 18.3 Å². The lowest BCUT2D eigenvalue weighted by molar-refractivity contribution is -0.137. The zero-order valence-electron chi connectivity index (χ0n) is 9.40. The summed E-state index contributed by atoms with van der Waals surface area (Å²) >= 11 is 0. The normalized spacial score (nSPS) is 11.6. The van der Waals surface area contributed by atoms with Gasteiger partial charge in [0.15, 0.2) is 5.75 Å². The first-order valence-corrected chi connectivity index (χ1v) is 4.99. The van der Waals surface area contributed by atoms with Crippen molar-refractivity contribution in [1.29, 1.82) is 0 Å². The molecule has 0 aliphatic heterocycles. The molecule has 0 fully saturated rings. The van der Waals surface area contributed by atoms with E-state index >= 15 is 0 Å². The van der Waals surface area contributed by atoms with Crippen LogP contribution in [0.4, 0.5) is 18.9 Å². The van der Waals surface area contributed by atoms with Gasteiger partial charge in [0.1, 0.15) is 5.75 Å². The molecule has 0 saturated carbocycles. The fourth-order valence-corrected chi connectivity index (χ4v) is 1.43. The average molecular weight is 257 g/mol. The van der Waals surface area contributed by atoms with E-state index in [1.165, 1.54) is 23.1 Å². The van der Waals surface area contributed by atoms with E-state index < -0.39 is 11.7 Å². The zero-order valence-corrected chi connectivity index (χ0v) is 9.40. The van der Waals surface area contributed by atoms with Crippen LogP contribution in [0.5, 0.6) is 11.5 Å². The fourth-order valence-electron chi connectivity index (χ4n) is 1.43. The highest BCUT2D eigenvalue weighted by molar-refractivity contribution is 5.49. The van der Waals surface area contributed by atoms with E-state index in [-0.39, 0.29) is 11.4 Å². The Bertz CT molecular complexity index is 563. The summed E-state index contributed by atoms with van der Waals surface area (Å²) in [7, 11) is 1.67. The third-order valence-electron chi connectivity index (χ3n) is 2.17. The molecule has 0 amide bonds. The first kappa shape index (κ1) is 12.3. The van der Waals surface area contributed by atoms with Gasteiger partial charge in [-0.05, 0) is 12.1 Å². The molecule has 1 aromatic heterocycles. The minimum absolute atomic E-state index is 0.0104. The number of nitrogen functional groups attached to an aromatic ring is 1. The van der Waals surface area contributed by atoms with Gasteiger partial charge in [0.25, 0.3) is 0 Å². The van der Waals surface area contributed by atoms with Crippen molar-refractivity contribution in [3.63, 3.8) is 0 Å². The van der Waals surface area contributed by atoms with Gasteiger partial charge in [0.2, 0.25) is 0 Å². The molecule has 1 heterocycles. The lowest BCUT2D eigenvalue weighted by Crippen LogP contribution is -2.05. The Morgan fingerprint density at radius 2 is 1.94 bits per heavy atom. The van der Waals surface area contributed by atoms with Crippen LogP contribution in [0.25, 0.3) is 0 Å². The quantitative estimate of drug-likeness (QED) is 0.841. The standard InChI is InChI=1S/C11H10F3N3O/c1-17-6-10(5-16-17)18-9-3-7(11(12,13)14)2-8(15)4-9/h2-6H,15H2,1H3. The highest BCUT2D eigenvalue weighted by Gasteiger charge is 2.31. The predicted molar refractivity (Wildman–Crippen MR) is 59.1 cm³/mol. The van der Waals surface area contributed by atoms with Crippen LogP contribution in [0.2, 0.25) is 0 Å². The van der Waals surface area contributed by atoms with Gasteiger partial charge in [-0.15, -0.1) is 0 Å². The van der Waals surface area contributed by atoms with Crippen molar-refractivity contribution >= 4 is 5.69 Å². The second-order valence-electron chi connectivity index (χ2n) is 3.74. The van der Waals surface area contributed by atoms with E-state index in [9.17, 15) is 13.2 Å². The van der Waals surface area contributed by atoms with Crippen LogP contribution < -0.4 is 10.5 Å². The maximum absolute atomic E-state index is 12.6. The van der Waals surface area contributed by atoms with Gasteiger partial charge in [-0.3, -0.25) is 4.68 Å². The molecule has 0 spiro atoms. The van der Waals surface area contributed by atoms with Crippen LogP contribution in [-0.2, 0) is 13.2 Å². The van der Waals surface area contributed by atoms with Gasteiger partial charge >= 0.3 is 6.18 Å². The Balaban J connectivity index is 2.31. The maximum atomic E-state index is 12.6. The van der Waals surface area contributed by atoms with Crippen LogP contribution in [-0.4, -0.2) is 9.78 Å². The average Bonchev–Trinajstić information content (AvgIpc) is 2.61. The monoisotopic (exact) mass is 257 g/mol. The summed E-state index contributed by atoms with van der Waals surface area (Å²) in [5.41, 5.74) is 4.56. The fraction of sp³-hybridized carbons (Fsp3) is 0.182. The summed E-state index contributed by atoms with van der Waals surface area (Å²) < 4.78 is 44.4. The van der Waals surface area contributed by atoms with Gasteiger partial charge in [-0.25, -0.2) is 0 Å². The topological polar surface area (TPSA) is 53.1 Å². The first-order chi connectivity index (χ1) is 8.34. The summed E-state index contributed by atoms with van der Waals surface area (Å²) in [5.74, 6) is 0.367. The van der Waals surface area contributed by atoms with Crippen molar-refractivity contribution in [3.05, 3.63) is 36.2 Å². The van der Waals surface area contributed by atoms with Crippen LogP contribution in [0.3, 0.4) is 0 Å². The molecular formula is C11H10F3N3O. The molecule has 18 heavy (non-hydrogen) atoms. The molecule has 1 aromatic carbocycles. The van der Waals surface area contributed by atoms with Crippen molar-refractivity contribution in [1.82, 2.24) is 9.78 Å². The molecule has 96 valence electrons. The van der Waals surface area contributed by atoms with Crippen LogP contribution >= 0.6 is 0 Å². The predicted octanol–water partition coefficient (Wildman–Crippen LogP) is 2.81. The van der Waals surface area contributed by atoms with E-state index in [1.807, 2.05) is 0 Å². The highest BCUT2D eigenvalue weighted by Crippen LogP contribution is 2.34. The van der Waals surface area contributed by atoms with Crippen molar-refractivity contribution < 1.29 is 17.9 Å². The highest BCUT2D eigenvalue weighted by atomic mass is 19.4. The zero-order chi connectivity index (χ0) is 13.3. The van der Waals surface area contributed by atoms with Gasteiger partial charge < -0.3 is 10.5 Å². The molecule has 0 unspecified atom stereocenters. The second-order valence-corrected chi connectivity index (χ2v) is 3.74. The van der Waals surface area contributed by atoms with E-state index in [2.05, 4.69) is 5.10 Å². The van der Waals surface area contributed by atoms with Gasteiger partial charge in [0, 0.05) is 18.8 Å². The molecule has 0 aliphatic carbocycles. The molecule has 2 N–H and O–H groups in total. The van der Waals surface area contributed by atoms with Gasteiger partial charge in [-0.1, -0.05) is 0 Å². The third-order valence-corrected chi connectivity index (χ3v) is 2.17. The van der Waals surface area contributed by atoms with Crippen molar-refractivity contribution in [2.24, 2.45) is 7.05 Å². The van der Waals surface area contributed by atoms with Crippen LogP contribution in [0, 0.1) is 0 Å². The lowest BCUT2D eigenvalue weighted by atomic mass is 10.2. The first-order valence-electron chi connectivity index (χ1n) is 4.99. The Kier molecular flexibility index (Phi) is 2.90. The third kappa shape index (κ3) is 2.73. The smallest absolute Gasteiger partial charge is 0.416 e. The second kappa shape index (κ2) is 4.25. The van der Waals surface area contributed by atoms with Crippen LogP contribution in [0.15, 0.2) is 30.6 Å². The number of halogens is 3. The Morgan fingerprint density at radius 1 is 1.22 bits per heavy atom. The van der Waals surface area contributed by atoms with E-state index in [1.54, 1.807) is 7.05 Å². The lowest BCUT2D eigenvalue weighted by Gasteiger charge is -2.10. The molecule has 2 aromatic rings. The Morgan fingerprint density at radius 3 is 2.50 bits per heavy atom. The molecule has 2 rings (SSSR count). The Labute approximate surface area is 101 Å². The molecule has 7 heteroatoms. The number of nitrogens with zero attached hydrogens (tertiary/aromatic N) is 2. The Hall–Kier alpha value is -2.18. The molecule has 0 saturated heterocycles. The summed E-state index contributed by atoms with van der Waals surface area (Å²) in [6.45, 7) is 0. The summed E-state index contributed by atoms with van der Waals surface area (Å²) in [4.78, 5) is 0. The SMILES string of the molecule is Cn1cc(Oc2cc(N)cc(C(F)(F)F)c2)cn1. The minimum atomic E-state index is -4.46. The van der Waals surface area contributed by atoms with E-state index in [0.29, 0.717) is 5.75 Å². The molecule has 4 nitrogen and oxygen atoms in total. The van der Waals surface area contributed by atoms with Gasteiger partial charge in [0.05, 0.1) is 18.0 Å². The summed E-state index contributed by atoms with van der Waals surface area (Å²) in [6, 6.07) is 3.07. The summed E-state index contributed by atoms with van der Waals surface area (Å²) in [5, 5.41) is 3.84. The van der Waals surface area contributed by atoms with Crippen molar-refractivity contribution in [3.8, 4) is 11.5 Å². The van der Waals surface area contributed by atoms with Crippen molar-refractivity contribution in [2.75, 3.05) is 5.73 Å². The molecular weight excluding hydrogens is 247 g/mol. The number of rotatable bonds is 2. The molecule has 0 bridgehead atoms. The number of aryl methyl sites for hydroxylation is 1. The van der Waals surface area contributed by atoms with Crippen LogP contribution in [0.1, 0.15) is 5.56 Å². The number of nitrogens with two attached hydrogens (primary N) is 1. The number of aromatic nitrogens is 2. The molecule has 0 atom stereocenters. The summed E-state index contributed by atoms with van der Waals surface area (Å²) in [6.07, 6.45) is -1.52. The molecule has 0 aliphatic rings. The number of hydrogen-bond donors (Lipinski definition) is 1. The number of ether oxygens (including phenoxy) is 1. The number of alkyl halides is 3. The largest absolute Gasteiger partial charge is 0.454 e. The minimum Gasteiger partial charge on any atom is -0.454 e. The number of anilines is 1. The maximum Gasteiger partial charge on any atom is 0.416 e. The van der Waals surface area contributed by atoms with Crippen molar-refractivity contribution in [2.45, 2.75) is 6.18 Å². The van der Waals surface area contributed by atoms with E-state index in [0.717, 1.165) is 12.1 Å². The van der Waals surface area contributed by atoms with E-state index in [4.69, 9.17) is 10.5 Å². The number of benzene rings is 1. The number of hydrogen-bond acceptors (Lipinski definition) is 3.